The van der Waals surface area contributed by atoms with Crippen LogP contribution in [-0.4, -0.2) is 5.96 Å². The molecule has 0 fully saturated rings. The van der Waals surface area contributed by atoms with Crippen LogP contribution < -0.4 is 10.6 Å². The molecule has 0 aliphatic carbocycles. The first-order valence-electron chi connectivity index (χ1n) is 8.58. The number of hydrogen-bond donors (Lipinski definition) is 2. The lowest BCUT2D eigenvalue weighted by atomic mass is 9.87. The van der Waals surface area contributed by atoms with E-state index in [-0.39, 0.29) is 11.4 Å². The van der Waals surface area contributed by atoms with E-state index in [1.54, 1.807) is 4.90 Å². The lowest BCUT2D eigenvalue weighted by Crippen LogP contribution is -2.32. The Morgan fingerprint density at radius 2 is 1.46 bits per heavy atom. The minimum Gasteiger partial charge on any atom is -0.369 e. The van der Waals surface area contributed by atoms with E-state index in [2.05, 4.69) is 58.9 Å². The Labute approximate surface area is 146 Å². The molecular weight excluding hydrogens is 294 g/mol. The van der Waals surface area contributed by atoms with Crippen LogP contribution >= 0.6 is 0 Å². The molecule has 2 aromatic carbocycles. The van der Waals surface area contributed by atoms with E-state index in [0.717, 1.165) is 17.8 Å². The maximum atomic E-state index is 7.98. The quantitative estimate of drug-likeness (QED) is 0.574. The van der Waals surface area contributed by atoms with Gasteiger partial charge in [-0.3, -0.25) is 10.3 Å². The van der Waals surface area contributed by atoms with Gasteiger partial charge in [-0.05, 0) is 53.1 Å². The van der Waals surface area contributed by atoms with Crippen LogP contribution in [0.25, 0.3) is 0 Å². The fraction of sp³-hybridized carbons (Fsp3) is 0.381. The Morgan fingerprint density at radius 3 is 1.83 bits per heavy atom. The second-order valence-electron chi connectivity index (χ2n) is 7.42. The highest BCUT2D eigenvalue weighted by molar-refractivity contribution is 5.99. The maximum absolute atomic E-state index is 7.98. The molecule has 128 valence electrons. The minimum atomic E-state index is 0.0230. The molecule has 0 aromatic heterocycles. The molecule has 3 nitrogen and oxygen atoms in total. The average molecular weight is 323 g/mol. The highest BCUT2D eigenvalue weighted by atomic mass is 15.2. The Morgan fingerprint density at radius 1 is 1.00 bits per heavy atom. The minimum absolute atomic E-state index is 0.0230. The van der Waals surface area contributed by atoms with Crippen LogP contribution in [0.3, 0.4) is 0 Å². The van der Waals surface area contributed by atoms with E-state index in [1.807, 2.05) is 24.3 Å². The van der Waals surface area contributed by atoms with Crippen LogP contribution in [0.15, 0.2) is 48.5 Å². The van der Waals surface area contributed by atoms with Crippen LogP contribution in [-0.2, 0) is 5.41 Å². The van der Waals surface area contributed by atoms with Crippen molar-refractivity contribution in [3.63, 3.8) is 0 Å². The largest absolute Gasteiger partial charge is 0.369 e. The fourth-order valence-electron chi connectivity index (χ4n) is 2.73. The second-order valence-corrected chi connectivity index (χ2v) is 7.42. The third kappa shape index (κ3) is 3.97. The lowest BCUT2D eigenvalue weighted by Gasteiger charge is -2.25. The third-order valence-corrected chi connectivity index (χ3v) is 4.57. The van der Waals surface area contributed by atoms with E-state index in [9.17, 15) is 0 Å². The Bertz CT molecular complexity index is 679. The zero-order chi connectivity index (χ0) is 17.9. The molecular formula is C21H29N3. The van der Waals surface area contributed by atoms with Crippen molar-refractivity contribution < 1.29 is 0 Å². The van der Waals surface area contributed by atoms with Gasteiger partial charge >= 0.3 is 0 Å². The number of benzene rings is 2. The standard InChI is InChI=1S/C21H29N3/c1-6-15(2)16-7-11-18(12-8-16)24(20(22)23)19-13-9-17(10-14-19)21(3,4)5/h7-15H,6H2,1-5H3,(H3,22,23). The van der Waals surface area contributed by atoms with Crippen molar-refractivity contribution in [2.45, 2.75) is 52.4 Å². The van der Waals surface area contributed by atoms with Gasteiger partial charge in [0.15, 0.2) is 5.96 Å². The summed E-state index contributed by atoms with van der Waals surface area (Å²) in [7, 11) is 0. The van der Waals surface area contributed by atoms with Crippen LogP contribution in [0.4, 0.5) is 11.4 Å². The summed E-state index contributed by atoms with van der Waals surface area (Å²) in [5.41, 5.74) is 10.4. The van der Waals surface area contributed by atoms with Crippen molar-refractivity contribution in [2.75, 3.05) is 4.90 Å². The molecule has 3 N–H and O–H groups in total. The molecule has 3 heteroatoms. The third-order valence-electron chi connectivity index (χ3n) is 4.57. The Kier molecular flexibility index (Phi) is 5.33. The molecule has 0 saturated heterocycles. The second kappa shape index (κ2) is 7.08. The number of rotatable bonds is 4. The van der Waals surface area contributed by atoms with Crippen molar-refractivity contribution in [1.29, 1.82) is 5.41 Å². The zero-order valence-electron chi connectivity index (χ0n) is 15.4. The Hall–Kier alpha value is -2.29. The maximum Gasteiger partial charge on any atom is 0.197 e. The average Bonchev–Trinajstić information content (AvgIpc) is 2.54. The summed E-state index contributed by atoms with van der Waals surface area (Å²) in [4.78, 5) is 1.77. The molecule has 0 bridgehead atoms. The van der Waals surface area contributed by atoms with E-state index >= 15 is 0 Å². The molecule has 0 aliphatic rings. The number of nitrogens with zero attached hydrogens (tertiary/aromatic N) is 1. The van der Waals surface area contributed by atoms with Crippen molar-refractivity contribution in [2.24, 2.45) is 5.73 Å². The van der Waals surface area contributed by atoms with Crippen molar-refractivity contribution in [3.05, 3.63) is 59.7 Å². The number of anilines is 2. The summed E-state index contributed by atoms with van der Waals surface area (Å²) < 4.78 is 0. The van der Waals surface area contributed by atoms with Crippen LogP contribution in [0.1, 0.15) is 58.1 Å². The molecule has 1 unspecified atom stereocenters. The van der Waals surface area contributed by atoms with E-state index in [0.29, 0.717) is 5.92 Å². The van der Waals surface area contributed by atoms with Gasteiger partial charge in [0.25, 0.3) is 0 Å². The summed E-state index contributed by atoms with van der Waals surface area (Å²) >= 11 is 0. The number of hydrogen-bond acceptors (Lipinski definition) is 1. The normalized spacial score (nSPS) is 12.7. The highest BCUT2D eigenvalue weighted by Gasteiger charge is 2.16. The topological polar surface area (TPSA) is 53.1 Å². The SMILES string of the molecule is CCC(C)c1ccc(N(C(=N)N)c2ccc(C(C)(C)C)cc2)cc1. The molecule has 2 rings (SSSR count). The number of nitrogens with one attached hydrogen (secondary N) is 1. The van der Waals surface area contributed by atoms with Gasteiger partial charge in [0.2, 0.25) is 0 Å². The number of guanidine groups is 1. The molecule has 2 aromatic rings. The first-order chi connectivity index (χ1) is 11.2. The van der Waals surface area contributed by atoms with Gasteiger partial charge in [-0.25, -0.2) is 0 Å². The first kappa shape index (κ1) is 18.1. The predicted molar refractivity (Wildman–Crippen MR) is 104 cm³/mol. The number of nitrogens with two attached hydrogens (primary N) is 1. The van der Waals surface area contributed by atoms with Gasteiger partial charge in [0.1, 0.15) is 0 Å². The smallest absolute Gasteiger partial charge is 0.197 e. The summed E-state index contributed by atoms with van der Waals surface area (Å²) in [5, 5.41) is 7.98. The van der Waals surface area contributed by atoms with E-state index < -0.39 is 0 Å². The summed E-state index contributed by atoms with van der Waals surface area (Å²) in [6, 6.07) is 16.6. The molecule has 0 radical (unpaired) electrons. The van der Waals surface area contributed by atoms with Gasteiger partial charge in [-0.2, -0.15) is 0 Å². The molecule has 1 atom stereocenters. The predicted octanol–water partition coefficient (Wildman–Crippen LogP) is 5.53. The van der Waals surface area contributed by atoms with Crippen LogP contribution in [0.5, 0.6) is 0 Å². The summed E-state index contributed by atoms with van der Waals surface area (Å²) in [5.74, 6) is 0.561. The lowest BCUT2D eigenvalue weighted by molar-refractivity contribution is 0.590. The molecule has 0 heterocycles. The van der Waals surface area contributed by atoms with Gasteiger partial charge in [-0.1, -0.05) is 58.9 Å². The fourth-order valence-corrected chi connectivity index (χ4v) is 2.73. The van der Waals surface area contributed by atoms with Gasteiger partial charge < -0.3 is 5.73 Å². The monoisotopic (exact) mass is 323 g/mol. The molecule has 0 saturated carbocycles. The molecule has 24 heavy (non-hydrogen) atoms. The van der Waals surface area contributed by atoms with Gasteiger partial charge in [0, 0.05) is 11.4 Å². The highest BCUT2D eigenvalue weighted by Crippen LogP contribution is 2.30. The van der Waals surface area contributed by atoms with Crippen molar-refractivity contribution >= 4 is 17.3 Å². The molecule has 0 aliphatic heterocycles. The van der Waals surface area contributed by atoms with Gasteiger partial charge in [-0.15, -0.1) is 0 Å². The Balaban J connectivity index is 2.34. The summed E-state index contributed by atoms with van der Waals surface area (Å²) in [6.45, 7) is 11.0. The van der Waals surface area contributed by atoms with Crippen molar-refractivity contribution in [3.8, 4) is 0 Å². The van der Waals surface area contributed by atoms with E-state index in [1.165, 1.54) is 11.1 Å². The first-order valence-corrected chi connectivity index (χ1v) is 8.58. The van der Waals surface area contributed by atoms with Crippen LogP contribution in [0.2, 0.25) is 0 Å². The van der Waals surface area contributed by atoms with Crippen LogP contribution in [0, 0.1) is 5.41 Å². The van der Waals surface area contributed by atoms with E-state index in [4.69, 9.17) is 11.1 Å². The zero-order valence-corrected chi connectivity index (χ0v) is 15.4. The summed E-state index contributed by atoms with van der Waals surface area (Å²) in [6.07, 6.45) is 1.12. The van der Waals surface area contributed by atoms with Crippen molar-refractivity contribution in [1.82, 2.24) is 0 Å². The molecule has 0 spiro atoms. The van der Waals surface area contributed by atoms with Gasteiger partial charge in [0.05, 0.1) is 0 Å². The molecule has 0 amide bonds.